The smallest absolute Gasteiger partial charge is 0.404 e. The lowest BCUT2D eigenvalue weighted by Crippen LogP contribution is -2.39. The summed E-state index contributed by atoms with van der Waals surface area (Å²) in [5.41, 5.74) is 7.47. The van der Waals surface area contributed by atoms with Crippen LogP contribution < -0.4 is 26.4 Å². The van der Waals surface area contributed by atoms with Crippen LogP contribution in [0, 0.1) is 5.82 Å². The number of fused-ring (bicyclic) bond motifs is 1. The molecule has 6 N–H and O–H groups in total. The van der Waals surface area contributed by atoms with Gasteiger partial charge in [0.25, 0.3) is 5.91 Å². The molecule has 0 saturated heterocycles. The molecule has 0 unspecified atom stereocenters. The van der Waals surface area contributed by atoms with Crippen molar-refractivity contribution >= 4 is 40.2 Å². The van der Waals surface area contributed by atoms with Gasteiger partial charge in [0.1, 0.15) is 11.6 Å². The minimum Gasteiger partial charge on any atom is -0.497 e. The second-order valence-corrected chi connectivity index (χ2v) is 8.97. The molecule has 2 atom stereocenters. The van der Waals surface area contributed by atoms with Crippen molar-refractivity contribution in [3.05, 3.63) is 71.7 Å². The Bertz CT molecular complexity index is 1510. The van der Waals surface area contributed by atoms with Gasteiger partial charge in [0.05, 0.1) is 49.6 Å². The first-order valence-electron chi connectivity index (χ1n) is 12.3. The fourth-order valence-corrected chi connectivity index (χ4v) is 4.26. The number of nitrogens with one attached hydrogen (secondary N) is 3. The molecule has 0 aliphatic rings. The van der Waals surface area contributed by atoms with Crippen molar-refractivity contribution in [2.45, 2.75) is 25.6 Å². The Kier molecular flexibility index (Phi) is 8.64. The molecule has 210 valence electrons. The standard InChI is InChI=1S/C27H30FN7O5/c1-15(31-27(37)38)23(16-4-7-19(40-3)8-5-16)33-26-21(28)13-20(24(29)36)25(34-26)32-18-6-9-22-17(12-18)14-30-35(22)10-11-39-2/h4-9,12-15,23,31H,10-11H2,1-3H3,(H2,29,36)(H,37,38)(H2,32,33,34)/t15-,23+/m0/s1. The van der Waals surface area contributed by atoms with E-state index < -0.39 is 29.9 Å². The van der Waals surface area contributed by atoms with Gasteiger partial charge in [0.2, 0.25) is 0 Å². The van der Waals surface area contributed by atoms with Gasteiger partial charge in [-0.05, 0) is 48.9 Å². The molecule has 2 heterocycles. The maximum absolute atomic E-state index is 15.2. The Hall–Kier alpha value is -4.91. The third kappa shape index (κ3) is 6.38. The minimum absolute atomic E-state index is 0.0230. The maximum atomic E-state index is 15.2. The van der Waals surface area contributed by atoms with Crippen LogP contribution in [0.1, 0.15) is 28.9 Å². The number of benzene rings is 2. The Morgan fingerprint density at radius 2 is 1.88 bits per heavy atom. The molecule has 0 fully saturated rings. The van der Waals surface area contributed by atoms with Crippen LogP contribution in [0.15, 0.2) is 54.7 Å². The van der Waals surface area contributed by atoms with Gasteiger partial charge < -0.3 is 36.3 Å². The van der Waals surface area contributed by atoms with Crippen molar-refractivity contribution in [3.8, 4) is 5.75 Å². The number of carboxylic acid groups (broad SMARTS) is 1. The number of ether oxygens (including phenoxy) is 2. The zero-order valence-corrected chi connectivity index (χ0v) is 22.1. The SMILES string of the molecule is COCCn1ncc2cc(Nc3nc(N[C@@H](c4ccc(OC)cc4)[C@H](C)NC(=O)O)c(F)cc3C(N)=O)ccc21. The number of nitrogens with two attached hydrogens (primary N) is 1. The van der Waals surface area contributed by atoms with Crippen LogP contribution in [0.25, 0.3) is 10.9 Å². The third-order valence-corrected chi connectivity index (χ3v) is 6.27. The molecular weight excluding hydrogens is 521 g/mol. The van der Waals surface area contributed by atoms with E-state index in [1.165, 1.54) is 7.11 Å². The topological polar surface area (TPSA) is 166 Å². The lowest BCUT2D eigenvalue weighted by atomic mass is 10.00. The zero-order valence-electron chi connectivity index (χ0n) is 22.1. The maximum Gasteiger partial charge on any atom is 0.404 e. The van der Waals surface area contributed by atoms with Crippen molar-refractivity contribution in [2.24, 2.45) is 5.73 Å². The minimum atomic E-state index is -1.24. The molecule has 0 aliphatic heterocycles. The van der Waals surface area contributed by atoms with E-state index in [1.54, 1.807) is 55.2 Å². The number of primary amides is 1. The zero-order chi connectivity index (χ0) is 28.8. The molecule has 4 rings (SSSR count). The molecule has 2 amide bonds. The van der Waals surface area contributed by atoms with E-state index in [2.05, 4.69) is 26.0 Å². The van der Waals surface area contributed by atoms with E-state index >= 15 is 4.39 Å². The molecular formula is C27H30FN7O5. The molecule has 13 heteroatoms. The largest absolute Gasteiger partial charge is 0.497 e. The molecule has 40 heavy (non-hydrogen) atoms. The van der Waals surface area contributed by atoms with E-state index in [0.717, 1.165) is 17.0 Å². The number of amides is 2. The Labute approximate surface area is 229 Å². The number of methoxy groups -OCH3 is 2. The number of aromatic nitrogens is 3. The van der Waals surface area contributed by atoms with E-state index in [9.17, 15) is 14.7 Å². The van der Waals surface area contributed by atoms with Crippen LogP contribution in [-0.2, 0) is 11.3 Å². The fourth-order valence-electron chi connectivity index (χ4n) is 4.26. The van der Waals surface area contributed by atoms with Crippen molar-refractivity contribution in [3.63, 3.8) is 0 Å². The molecule has 0 aliphatic carbocycles. The highest BCUT2D eigenvalue weighted by molar-refractivity contribution is 5.99. The monoisotopic (exact) mass is 551 g/mol. The van der Waals surface area contributed by atoms with Crippen molar-refractivity contribution in [1.29, 1.82) is 0 Å². The normalized spacial score (nSPS) is 12.5. The van der Waals surface area contributed by atoms with Crippen molar-refractivity contribution in [2.75, 3.05) is 31.5 Å². The Balaban J connectivity index is 1.68. The van der Waals surface area contributed by atoms with E-state index in [0.29, 0.717) is 30.2 Å². The summed E-state index contributed by atoms with van der Waals surface area (Å²) >= 11 is 0. The average molecular weight is 552 g/mol. The van der Waals surface area contributed by atoms with Crippen LogP contribution in [0.2, 0.25) is 0 Å². The summed E-state index contributed by atoms with van der Waals surface area (Å²) in [6, 6.07) is 11.9. The summed E-state index contributed by atoms with van der Waals surface area (Å²) < 4.78 is 27.4. The molecule has 4 aromatic rings. The molecule has 0 spiro atoms. The molecule has 0 saturated carbocycles. The Morgan fingerprint density at radius 3 is 2.52 bits per heavy atom. The van der Waals surface area contributed by atoms with Gasteiger partial charge in [-0.15, -0.1) is 0 Å². The number of hydrogen-bond acceptors (Lipinski definition) is 8. The number of hydrogen-bond donors (Lipinski definition) is 5. The first-order chi connectivity index (χ1) is 19.2. The lowest BCUT2D eigenvalue weighted by Gasteiger charge is -2.27. The summed E-state index contributed by atoms with van der Waals surface area (Å²) in [7, 11) is 3.14. The third-order valence-electron chi connectivity index (χ3n) is 6.27. The van der Waals surface area contributed by atoms with Gasteiger partial charge in [-0.2, -0.15) is 5.10 Å². The summed E-state index contributed by atoms with van der Waals surface area (Å²) in [5, 5.41) is 22.9. The number of nitrogens with zero attached hydrogens (tertiary/aromatic N) is 3. The quantitative estimate of drug-likeness (QED) is 0.176. The Morgan fingerprint density at radius 1 is 1.12 bits per heavy atom. The van der Waals surface area contributed by atoms with Crippen LogP contribution >= 0.6 is 0 Å². The molecule has 2 aromatic carbocycles. The molecule has 2 aromatic heterocycles. The first-order valence-corrected chi connectivity index (χ1v) is 12.3. The highest BCUT2D eigenvalue weighted by atomic mass is 19.1. The summed E-state index contributed by atoms with van der Waals surface area (Å²) in [6.07, 6.45) is 0.459. The number of carbonyl (C=O) groups excluding carboxylic acids is 1. The van der Waals surface area contributed by atoms with Gasteiger partial charge in [-0.25, -0.2) is 14.2 Å². The van der Waals surface area contributed by atoms with Gasteiger partial charge >= 0.3 is 6.09 Å². The van der Waals surface area contributed by atoms with Crippen LogP contribution in [0.5, 0.6) is 5.75 Å². The van der Waals surface area contributed by atoms with E-state index in [4.69, 9.17) is 15.2 Å². The predicted molar refractivity (Wildman–Crippen MR) is 148 cm³/mol. The van der Waals surface area contributed by atoms with Gasteiger partial charge in [-0.1, -0.05) is 12.1 Å². The number of pyridine rings is 1. The van der Waals surface area contributed by atoms with Crippen LogP contribution in [0.4, 0.5) is 26.5 Å². The van der Waals surface area contributed by atoms with Crippen LogP contribution in [-0.4, -0.2) is 58.7 Å². The summed E-state index contributed by atoms with van der Waals surface area (Å²) in [5.74, 6) is -1.29. The summed E-state index contributed by atoms with van der Waals surface area (Å²) in [6.45, 7) is 2.72. The van der Waals surface area contributed by atoms with E-state index in [1.807, 2.05) is 12.1 Å². The number of halogens is 1. The second-order valence-electron chi connectivity index (χ2n) is 8.97. The lowest BCUT2D eigenvalue weighted by molar-refractivity contribution is 0.1000. The number of rotatable bonds is 12. The highest BCUT2D eigenvalue weighted by Gasteiger charge is 2.25. The average Bonchev–Trinajstić information content (AvgIpc) is 3.33. The van der Waals surface area contributed by atoms with Gasteiger partial charge in [0.15, 0.2) is 11.6 Å². The number of carbonyl (C=O) groups is 2. The van der Waals surface area contributed by atoms with Gasteiger partial charge in [0, 0.05) is 18.2 Å². The first kappa shape index (κ1) is 28.1. The molecule has 0 bridgehead atoms. The van der Waals surface area contributed by atoms with Crippen LogP contribution in [0.3, 0.4) is 0 Å². The molecule has 12 nitrogen and oxygen atoms in total. The summed E-state index contributed by atoms with van der Waals surface area (Å²) in [4.78, 5) is 27.9. The van der Waals surface area contributed by atoms with Gasteiger partial charge in [-0.3, -0.25) is 9.48 Å². The van der Waals surface area contributed by atoms with Crippen molar-refractivity contribution in [1.82, 2.24) is 20.1 Å². The highest BCUT2D eigenvalue weighted by Crippen LogP contribution is 2.30. The fraction of sp³-hybridized carbons (Fsp3) is 0.259. The predicted octanol–water partition coefficient (Wildman–Crippen LogP) is 3.88. The second kappa shape index (κ2) is 12.3. The van der Waals surface area contributed by atoms with Crippen molar-refractivity contribution < 1.29 is 28.6 Å². The molecule has 0 radical (unpaired) electrons. The van der Waals surface area contributed by atoms with E-state index in [-0.39, 0.29) is 17.2 Å². The number of anilines is 3.